The summed E-state index contributed by atoms with van der Waals surface area (Å²) in [6, 6.07) is 8.48. The van der Waals surface area contributed by atoms with E-state index in [0.29, 0.717) is 29.2 Å². The van der Waals surface area contributed by atoms with Crippen molar-refractivity contribution in [3.63, 3.8) is 0 Å². The number of aromatic nitrogens is 1. The van der Waals surface area contributed by atoms with Crippen molar-refractivity contribution in [3.05, 3.63) is 52.8 Å². The summed E-state index contributed by atoms with van der Waals surface area (Å²) in [6.07, 6.45) is 2.61. The van der Waals surface area contributed by atoms with E-state index in [4.69, 9.17) is 11.6 Å². The number of amides is 2. The van der Waals surface area contributed by atoms with Crippen LogP contribution >= 0.6 is 11.6 Å². The van der Waals surface area contributed by atoms with Crippen molar-refractivity contribution >= 4 is 34.8 Å². The van der Waals surface area contributed by atoms with Crippen LogP contribution in [0.5, 0.6) is 0 Å². The van der Waals surface area contributed by atoms with Gasteiger partial charge in [0.25, 0.3) is 5.91 Å². The number of nitrogens with zero attached hydrogens (tertiary/aromatic N) is 1. The number of carbonyl (C=O) groups is 2. The number of halogens is 1. The van der Waals surface area contributed by atoms with Crippen LogP contribution in [0.3, 0.4) is 0 Å². The maximum Gasteiger partial charge on any atom is 0.255 e. The molecule has 3 rings (SSSR count). The van der Waals surface area contributed by atoms with Gasteiger partial charge in [-0.15, -0.1) is 0 Å². The third kappa shape index (κ3) is 3.03. The molecular formula is C15H12ClN3O2. The topological polar surface area (TPSA) is 71.1 Å². The van der Waals surface area contributed by atoms with Gasteiger partial charge in [0.05, 0.1) is 0 Å². The summed E-state index contributed by atoms with van der Waals surface area (Å²) in [6.45, 7) is 0. The number of aryl methyl sites for hydroxylation is 1. The molecule has 0 aliphatic carbocycles. The van der Waals surface area contributed by atoms with Gasteiger partial charge in [-0.3, -0.25) is 9.59 Å². The van der Waals surface area contributed by atoms with Crippen LogP contribution in [-0.2, 0) is 11.2 Å². The Kier molecular flexibility index (Phi) is 3.58. The van der Waals surface area contributed by atoms with Crippen molar-refractivity contribution < 1.29 is 9.59 Å². The summed E-state index contributed by atoms with van der Waals surface area (Å²) in [5.41, 5.74) is 2.87. The van der Waals surface area contributed by atoms with Crippen LogP contribution in [0.15, 0.2) is 36.5 Å². The van der Waals surface area contributed by atoms with E-state index >= 15 is 0 Å². The van der Waals surface area contributed by atoms with E-state index in [0.717, 1.165) is 11.3 Å². The fraction of sp³-hybridized carbons (Fsp3) is 0.133. The minimum Gasteiger partial charge on any atom is -0.326 e. The number of fused-ring (bicyclic) bond motifs is 1. The summed E-state index contributed by atoms with van der Waals surface area (Å²) in [7, 11) is 0. The van der Waals surface area contributed by atoms with Crippen molar-refractivity contribution in [2.75, 3.05) is 10.6 Å². The minimum atomic E-state index is -0.225. The Bertz CT molecular complexity index is 731. The lowest BCUT2D eigenvalue weighted by Crippen LogP contribution is -2.20. The van der Waals surface area contributed by atoms with Crippen molar-refractivity contribution in [2.24, 2.45) is 0 Å². The molecule has 5 nitrogen and oxygen atoms in total. The molecule has 0 saturated heterocycles. The fourth-order valence-corrected chi connectivity index (χ4v) is 2.38. The summed E-state index contributed by atoms with van der Waals surface area (Å²) in [5, 5.41) is 5.87. The Balaban J connectivity index is 1.81. The lowest BCUT2D eigenvalue weighted by atomic mass is 10.00. The van der Waals surface area contributed by atoms with Gasteiger partial charge in [-0.2, -0.15) is 0 Å². The minimum absolute atomic E-state index is 0.00567. The van der Waals surface area contributed by atoms with Crippen molar-refractivity contribution in [1.82, 2.24) is 4.98 Å². The standard InChI is InChI=1S/C15H12ClN3O2/c16-13-8-11(5-6-17-13)18-15(21)10-1-3-12-9(7-10)2-4-14(20)19-12/h1,3,5-8H,2,4H2,(H,19,20)(H,17,18,21). The van der Waals surface area contributed by atoms with Gasteiger partial charge in [-0.05, 0) is 42.3 Å². The Morgan fingerprint density at radius 2 is 2.10 bits per heavy atom. The number of hydrogen-bond acceptors (Lipinski definition) is 3. The number of pyridine rings is 1. The van der Waals surface area contributed by atoms with Gasteiger partial charge in [0.2, 0.25) is 5.91 Å². The molecule has 2 heterocycles. The fourth-order valence-electron chi connectivity index (χ4n) is 2.21. The number of hydrogen-bond donors (Lipinski definition) is 2. The second-order valence-corrected chi connectivity index (χ2v) is 5.13. The zero-order valence-electron chi connectivity index (χ0n) is 11.0. The predicted molar refractivity (Wildman–Crippen MR) is 80.6 cm³/mol. The maximum atomic E-state index is 12.2. The predicted octanol–water partition coefficient (Wildman–Crippen LogP) is 2.87. The van der Waals surface area contributed by atoms with Crippen molar-refractivity contribution in [2.45, 2.75) is 12.8 Å². The molecule has 106 valence electrons. The first-order valence-corrected chi connectivity index (χ1v) is 6.85. The second kappa shape index (κ2) is 5.54. The first kappa shape index (κ1) is 13.6. The van der Waals surface area contributed by atoms with Gasteiger partial charge in [0, 0.05) is 29.6 Å². The highest BCUT2D eigenvalue weighted by Gasteiger charge is 2.16. The largest absolute Gasteiger partial charge is 0.326 e. The molecule has 1 aliphatic rings. The molecular weight excluding hydrogens is 290 g/mol. The molecule has 0 saturated carbocycles. The average Bonchev–Trinajstić information content (AvgIpc) is 2.46. The van der Waals surface area contributed by atoms with E-state index in [-0.39, 0.29) is 11.8 Å². The second-order valence-electron chi connectivity index (χ2n) is 4.74. The Labute approximate surface area is 126 Å². The van der Waals surface area contributed by atoms with Crippen LogP contribution in [0.25, 0.3) is 0 Å². The average molecular weight is 302 g/mol. The number of rotatable bonds is 2. The number of anilines is 2. The van der Waals surface area contributed by atoms with E-state index in [9.17, 15) is 9.59 Å². The number of nitrogens with one attached hydrogen (secondary N) is 2. The van der Waals surface area contributed by atoms with E-state index in [2.05, 4.69) is 15.6 Å². The molecule has 1 aromatic heterocycles. The molecule has 21 heavy (non-hydrogen) atoms. The normalized spacial score (nSPS) is 13.3. The van der Waals surface area contributed by atoms with Gasteiger partial charge < -0.3 is 10.6 Å². The van der Waals surface area contributed by atoms with Crippen LogP contribution in [0.2, 0.25) is 5.15 Å². The van der Waals surface area contributed by atoms with E-state index in [1.807, 2.05) is 0 Å². The van der Waals surface area contributed by atoms with Crippen LogP contribution in [0.1, 0.15) is 22.3 Å². The molecule has 6 heteroatoms. The SMILES string of the molecule is O=C1CCc2cc(C(=O)Nc3ccnc(Cl)c3)ccc2N1. The number of benzene rings is 1. The smallest absolute Gasteiger partial charge is 0.255 e. The van der Waals surface area contributed by atoms with E-state index in [1.54, 1.807) is 30.3 Å². The Morgan fingerprint density at radius 1 is 1.24 bits per heavy atom. The number of carbonyl (C=O) groups excluding carboxylic acids is 2. The monoisotopic (exact) mass is 301 g/mol. The third-order valence-corrected chi connectivity index (χ3v) is 3.45. The molecule has 0 radical (unpaired) electrons. The third-order valence-electron chi connectivity index (χ3n) is 3.25. The quantitative estimate of drug-likeness (QED) is 0.838. The van der Waals surface area contributed by atoms with Crippen LogP contribution in [0, 0.1) is 0 Å². The summed E-state index contributed by atoms with van der Waals surface area (Å²) >= 11 is 5.78. The highest BCUT2D eigenvalue weighted by molar-refractivity contribution is 6.29. The molecule has 0 bridgehead atoms. The maximum absolute atomic E-state index is 12.2. The molecule has 2 aromatic rings. The first-order valence-electron chi connectivity index (χ1n) is 6.47. The summed E-state index contributed by atoms with van der Waals surface area (Å²) < 4.78 is 0. The van der Waals surface area contributed by atoms with Gasteiger partial charge >= 0.3 is 0 Å². The molecule has 2 N–H and O–H groups in total. The van der Waals surface area contributed by atoms with Gasteiger partial charge in [0.1, 0.15) is 5.15 Å². The lowest BCUT2D eigenvalue weighted by Gasteiger charge is -2.17. The van der Waals surface area contributed by atoms with Crippen molar-refractivity contribution in [1.29, 1.82) is 0 Å². The van der Waals surface area contributed by atoms with Gasteiger partial charge in [-0.1, -0.05) is 11.6 Å². The van der Waals surface area contributed by atoms with E-state index < -0.39 is 0 Å². The highest BCUT2D eigenvalue weighted by Crippen LogP contribution is 2.24. The first-order chi connectivity index (χ1) is 10.1. The van der Waals surface area contributed by atoms with Crippen molar-refractivity contribution in [3.8, 4) is 0 Å². The molecule has 1 aromatic carbocycles. The highest BCUT2D eigenvalue weighted by atomic mass is 35.5. The lowest BCUT2D eigenvalue weighted by molar-refractivity contribution is -0.116. The van der Waals surface area contributed by atoms with Crippen LogP contribution in [0.4, 0.5) is 11.4 Å². The molecule has 0 atom stereocenters. The zero-order chi connectivity index (χ0) is 14.8. The molecule has 2 amide bonds. The molecule has 0 unspecified atom stereocenters. The van der Waals surface area contributed by atoms with Gasteiger partial charge in [-0.25, -0.2) is 4.98 Å². The zero-order valence-corrected chi connectivity index (χ0v) is 11.8. The van der Waals surface area contributed by atoms with Crippen LogP contribution in [-0.4, -0.2) is 16.8 Å². The Hall–Kier alpha value is -2.40. The van der Waals surface area contributed by atoms with E-state index in [1.165, 1.54) is 6.20 Å². The summed E-state index contributed by atoms with van der Waals surface area (Å²) in [4.78, 5) is 27.4. The Morgan fingerprint density at radius 3 is 2.90 bits per heavy atom. The molecule has 0 fully saturated rings. The van der Waals surface area contributed by atoms with Crippen LogP contribution < -0.4 is 10.6 Å². The molecule has 1 aliphatic heterocycles. The molecule has 0 spiro atoms. The summed E-state index contributed by atoms with van der Waals surface area (Å²) in [5.74, 6) is -0.219. The van der Waals surface area contributed by atoms with Gasteiger partial charge in [0.15, 0.2) is 0 Å².